The molecule has 0 radical (unpaired) electrons. The lowest BCUT2D eigenvalue weighted by atomic mass is 9.99. The number of nitrogens with one attached hydrogen (secondary N) is 2. The molecule has 0 saturated carbocycles. The Morgan fingerprint density at radius 2 is 1.80 bits per heavy atom. The Morgan fingerprint density at radius 3 is 2.64 bits per heavy atom. The van der Waals surface area contributed by atoms with Crippen LogP contribution in [-0.4, -0.2) is 12.5 Å². The number of hydrogen-bond acceptors (Lipinski definition) is 2. The molecule has 0 spiro atoms. The summed E-state index contributed by atoms with van der Waals surface area (Å²) in [6.07, 6.45) is 0.987. The third-order valence-corrected chi connectivity index (χ3v) is 4.65. The zero-order valence-corrected chi connectivity index (χ0v) is 14.3. The second-order valence-corrected chi connectivity index (χ2v) is 6.49. The number of amides is 1. The standard InChI is InChI=1S/C21H17ClN2O/c22-16-7-5-14(6-8-16)18-3-1-2-4-19(18)21(25)24-17-9-10-20-15(13-17)11-12-23-20/h1-10,13,23H,11-12H2,(H,24,25). The van der Waals surface area contributed by atoms with Crippen molar-refractivity contribution in [2.24, 2.45) is 0 Å². The number of fused-ring (bicyclic) bond motifs is 1. The molecule has 1 amide bonds. The largest absolute Gasteiger partial charge is 0.384 e. The van der Waals surface area contributed by atoms with Crippen molar-refractivity contribution in [3.63, 3.8) is 0 Å². The second-order valence-electron chi connectivity index (χ2n) is 6.06. The molecule has 0 atom stereocenters. The predicted octanol–water partition coefficient (Wildman–Crippen LogP) is 5.23. The Bertz CT molecular complexity index is 935. The van der Waals surface area contributed by atoms with E-state index >= 15 is 0 Å². The average molecular weight is 349 g/mol. The minimum Gasteiger partial charge on any atom is -0.384 e. The molecule has 0 aliphatic carbocycles. The molecule has 4 rings (SSSR count). The summed E-state index contributed by atoms with van der Waals surface area (Å²) in [4.78, 5) is 12.8. The number of carbonyl (C=O) groups is 1. The topological polar surface area (TPSA) is 41.1 Å². The van der Waals surface area contributed by atoms with Crippen LogP contribution in [0, 0.1) is 0 Å². The van der Waals surface area contributed by atoms with Gasteiger partial charge in [-0.15, -0.1) is 0 Å². The summed E-state index contributed by atoms with van der Waals surface area (Å²) in [5, 5.41) is 7.02. The average Bonchev–Trinajstić information content (AvgIpc) is 3.10. The van der Waals surface area contributed by atoms with Crippen molar-refractivity contribution >= 4 is 28.9 Å². The van der Waals surface area contributed by atoms with Gasteiger partial charge in [-0.3, -0.25) is 4.79 Å². The molecular formula is C21H17ClN2O. The number of benzene rings is 3. The quantitative estimate of drug-likeness (QED) is 0.680. The zero-order chi connectivity index (χ0) is 17.2. The highest BCUT2D eigenvalue weighted by molar-refractivity contribution is 6.30. The molecule has 124 valence electrons. The first-order valence-electron chi connectivity index (χ1n) is 8.24. The Kier molecular flexibility index (Phi) is 4.16. The fraction of sp³-hybridized carbons (Fsp3) is 0.0952. The van der Waals surface area contributed by atoms with Crippen LogP contribution in [0.5, 0.6) is 0 Å². The summed E-state index contributed by atoms with van der Waals surface area (Å²) in [5.74, 6) is -0.114. The van der Waals surface area contributed by atoms with E-state index in [0.29, 0.717) is 10.6 Å². The molecular weight excluding hydrogens is 332 g/mol. The predicted molar refractivity (Wildman–Crippen MR) is 103 cm³/mol. The Hall–Kier alpha value is -2.78. The number of rotatable bonds is 3. The van der Waals surface area contributed by atoms with E-state index in [1.807, 2.05) is 66.7 Å². The summed E-state index contributed by atoms with van der Waals surface area (Å²) in [7, 11) is 0. The van der Waals surface area contributed by atoms with Crippen LogP contribution in [-0.2, 0) is 6.42 Å². The summed E-state index contributed by atoms with van der Waals surface area (Å²) in [5.41, 5.74) is 5.71. The van der Waals surface area contributed by atoms with Gasteiger partial charge in [-0.2, -0.15) is 0 Å². The lowest BCUT2D eigenvalue weighted by Crippen LogP contribution is -2.13. The normalized spacial score (nSPS) is 12.4. The van der Waals surface area contributed by atoms with Gasteiger partial charge in [0.15, 0.2) is 0 Å². The number of carbonyl (C=O) groups excluding carboxylic acids is 1. The van der Waals surface area contributed by atoms with Crippen molar-refractivity contribution < 1.29 is 4.79 Å². The number of anilines is 2. The van der Waals surface area contributed by atoms with Gasteiger partial charge >= 0.3 is 0 Å². The molecule has 25 heavy (non-hydrogen) atoms. The summed E-state index contributed by atoms with van der Waals surface area (Å²) in [6, 6.07) is 21.1. The van der Waals surface area contributed by atoms with Crippen LogP contribution in [0.2, 0.25) is 5.02 Å². The molecule has 0 fully saturated rings. The summed E-state index contributed by atoms with van der Waals surface area (Å²) < 4.78 is 0. The lowest BCUT2D eigenvalue weighted by Gasteiger charge is -2.11. The van der Waals surface area contributed by atoms with Gasteiger partial charge in [0.05, 0.1) is 0 Å². The van der Waals surface area contributed by atoms with Gasteiger partial charge in [0.1, 0.15) is 0 Å². The smallest absolute Gasteiger partial charge is 0.256 e. The van der Waals surface area contributed by atoms with Crippen LogP contribution < -0.4 is 10.6 Å². The highest BCUT2D eigenvalue weighted by Crippen LogP contribution is 2.28. The lowest BCUT2D eigenvalue weighted by molar-refractivity contribution is 0.102. The molecule has 0 saturated heterocycles. The maximum absolute atomic E-state index is 12.8. The van der Waals surface area contributed by atoms with Gasteiger partial charge < -0.3 is 10.6 Å². The molecule has 0 unspecified atom stereocenters. The molecule has 3 nitrogen and oxygen atoms in total. The van der Waals surface area contributed by atoms with Crippen molar-refractivity contribution in [1.82, 2.24) is 0 Å². The molecule has 0 aromatic heterocycles. The van der Waals surface area contributed by atoms with Crippen LogP contribution in [0.1, 0.15) is 15.9 Å². The van der Waals surface area contributed by atoms with Crippen molar-refractivity contribution in [3.8, 4) is 11.1 Å². The molecule has 3 aromatic rings. The maximum atomic E-state index is 12.8. The molecule has 0 bridgehead atoms. The number of halogens is 1. The van der Waals surface area contributed by atoms with Gasteiger partial charge in [0.2, 0.25) is 0 Å². The van der Waals surface area contributed by atoms with Crippen LogP contribution in [0.3, 0.4) is 0 Å². The van der Waals surface area contributed by atoms with E-state index in [-0.39, 0.29) is 5.91 Å². The zero-order valence-electron chi connectivity index (χ0n) is 13.6. The second kappa shape index (κ2) is 6.61. The Morgan fingerprint density at radius 1 is 1.00 bits per heavy atom. The van der Waals surface area contributed by atoms with Gasteiger partial charge in [-0.1, -0.05) is 41.9 Å². The van der Waals surface area contributed by atoms with E-state index in [4.69, 9.17) is 11.6 Å². The highest BCUT2D eigenvalue weighted by atomic mass is 35.5. The van der Waals surface area contributed by atoms with Crippen LogP contribution >= 0.6 is 11.6 Å². The van der Waals surface area contributed by atoms with Crippen molar-refractivity contribution in [2.45, 2.75) is 6.42 Å². The van der Waals surface area contributed by atoms with Crippen molar-refractivity contribution in [3.05, 3.63) is 82.9 Å². The van der Waals surface area contributed by atoms with E-state index in [1.54, 1.807) is 0 Å². The Balaban J connectivity index is 1.63. The minimum absolute atomic E-state index is 0.114. The first-order chi connectivity index (χ1) is 12.2. The van der Waals surface area contributed by atoms with Crippen LogP contribution in [0.15, 0.2) is 66.7 Å². The van der Waals surface area contributed by atoms with E-state index in [1.165, 1.54) is 5.56 Å². The number of hydrogen-bond donors (Lipinski definition) is 2. The SMILES string of the molecule is O=C(Nc1ccc2c(c1)CCN2)c1ccccc1-c1ccc(Cl)cc1. The minimum atomic E-state index is -0.114. The first-order valence-corrected chi connectivity index (χ1v) is 8.61. The Labute approximate surface area is 151 Å². The fourth-order valence-corrected chi connectivity index (χ4v) is 3.27. The molecule has 1 heterocycles. The van der Waals surface area contributed by atoms with Crippen molar-refractivity contribution in [2.75, 3.05) is 17.2 Å². The van der Waals surface area contributed by atoms with E-state index in [2.05, 4.69) is 10.6 Å². The third kappa shape index (κ3) is 3.24. The van der Waals surface area contributed by atoms with Crippen LogP contribution in [0.25, 0.3) is 11.1 Å². The summed E-state index contributed by atoms with van der Waals surface area (Å²) >= 11 is 5.97. The highest BCUT2D eigenvalue weighted by Gasteiger charge is 2.15. The molecule has 1 aliphatic rings. The van der Waals surface area contributed by atoms with E-state index in [0.717, 1.165) is 35.5 Å². The van der Waals surface area contributed by atoms with E-state index < -0.39 is 0 Å². The molecule has 2 N–H and O–H groups in total. The van der Waals surface area contributed by atoms with Gasteiger partial charge in [0, 0.05) is 28.5 Å². The molecule has 4 heteroatoms. The van der Waals surface area contributed by atoms with E-state index in [9.17, 15) is 4.79 Å². The summed E-state index contributed by atoms with van der Waals surface area (Å²) in [6.45, 7) is 0.951. The van der Waals surface area contributed by atoms with Crippen molar-refractivity contribution in [1.29, 1.82) is 0 Å². The maximum Gasteiger partial charge on any atom is 0.256 e. The molecule has 3 aromatic carbocycles. The first kappa shape index (κ1) is 15.7. The third-order valence-electron chi connectivity index (χ3n) is 4.40. The fourth-order valence-electron chi connectivity index (χ4n) is 3.14. The monoisotopic (exact) mass is 348 g/mol. The molecule has 1 aliphatic heterocycles. The van der Waals surface area contributed by atoms with Gasteiger partial charge in [-0.05, 0) is 59.5 Å². The van der Waals surface area contributed by atoms with Gasteiger partial charge in [0.25, 0.3) is 5.91 Å². The van der Waals surface area contributed by atoms with Gasteiger partial charge in [-0.25, -0.2) is 0 Å². The van der Waals surface area contributed by atoms with Crippen LogP contribution in [0.4, 0.5) is 11.4 Å².